The smallest absolute Gasteiger partial charge is 0.179 e. The van der Waals surface area contributed by atoms with Gasteiger partial charge in [-0.1, -0.05) is 16.8 Å². The standard InChI is InChI=1S/C10H8ClN3O/c1-7(15)10-6-12-13-14(10)9-4-2-8(11)3-5-9/h2-6H,1H3. The number of hydrogen-bond donors (Lipinski definition) is 0. The highest BCUT2D eigenvalue weighted by Gasteiger charge is 2.09. The lowest BCUT2D eigenvalue weighted by Crippen LogP contribution is -2.05. The van der Waals surface area contributed by atoms with E-state index in [2.05, 4.69) is 10.3 Å². The summed E-state index contributed by atoms with van der Waals surface area (Å²) in [7, 11) is 0. The van der Waals surface area contributed by atoms with Crippen LogP contribution in [0.1, 0.15) is 17.4 Å². The lowest BCUT2D eigenvalue weighted by Gasteiger charge is -2.02. The molecule has 0 amide bonds. The fourth-order valence-corrected chi connectivity index (χ4v) is 1.37. The molecule has 0 aliphatic rings. The van der Waals surface area contributed by atoms with Crippen molar-refractivity contribution in [2.45, 2.75) is 6.92 Å². The van der Waals surface area contributed by atoms with Crippen LogP contribution in [0.4, 0.5) is 0 Å². The Balaban J connectivity index is 2.49. The molecule has 0 N–H and O–H groups in total. The number of rotatable bonds is 2. The van der Waals surface area contributed by atoms with Crippen LogP contribution >= 0.6 is 11.6 Å². The van der Waals surface area contributed by atoms with Crippen LogP contribution in [-0.2, 0) is 0 Å². The Morgan fingerprint density at radius 1 is 1.33 bits per heavy atom. The minimum absolute atomic E-state index is 0.0741. The number of aromatic nitrogens is 3. The number of Topliss-reactive ketones (excluding diaryl/α,β-unsaturated/α-hetero) is 1. The van der Waals surface area contributed by atoms with Crippen molar-refractivity contribution in [1.82, 2.24) is 15.0 Å². The number of benzene rings is 1. The van der Waals surface area contributed by atoms with Crippen LogP contribution in [0.5, 0.6) is 0 Å². The molecule has 2 rings (SSSR count). The van der Waals surface area contributed by atoms with E-state index < -0.39 is 0 Å². The van der Waals surface area contributed by atoms with Crippen molar-refractivity contribution in [2.24, 2.45) is 0 Å². The summed E-state index contributed by atoms with van der Waals surface area (Å²) in [5.41, 5.74) is 1.22. The third kappa shape index (κ3) is 1.89. The molecule has 0 atom stereocenters. The monoisotopic (exact) mass is 221 g/mol. The zero-order valence-electron chi connectivity index (χ0n) is 8.01. The lowest BCUT2D eigenvalue weighted by atomic mass is 10.3. The van der Waals surface area contributed by atoms with Gasteiger partial charge in [0.1, 0.15) is 5.69 Å². The van der Waals surface area contributed by atoms with E-state index in [1.165, 1.54) is 17.8 Å². The molecule has 4 nitrogen and oxygen atoms in total. The molecule has 76 valence electrons. The fraction of sp³-hybridized carbons (Fsp3) is 0.100. The molecule has 0 radical (unpaired) electrons. The maximum Gasteiger partial charge on any atom is 0.179 e. The van der Waals surface area contributed by atoms with Crippen molar-refractivity contribution in [3.8, 4) is 5.69 Å². The zero-order valence-corrected chi connectivity index (χ0v) is 8.77. The fourth-order valence-electron chi connectivity index (χ4n) is 1.25. The molecule has 0 bridgehead atoms. The second kappa shape index (κ2) is 3.82. The van der Waals surface area contributed by atoms with Gasteiger partial charge >= 0.3 is 0 Å². The van der Waals surface area contributed by atoms with Gasteiger partial charge < -0.3 is 0 Å². The first-order chi connectivity index (χ1) is 7.18. The van der Waals surface area contributed by atoms with Gasteiger partial charge in [-0.25, -0.2) is 4.68 Å². The van der Waals surface area contributed by atoms with Crippen LogP contribution in [0.25, 0.3) is 5.69 Å². The molecule has 0 unspecified atom stereocenters. The summed E-state index contributed by atoms with van der Waals surface area (Å²) in [6.07, 6.45) is 1.44. The van der Waals surface area contributed by atoms with Gasteiger partial charge in [-0.05, 0) is 24.3 Å². The van der Waals surface area contributed by atoms with Crippen molar-refractivity contribution in [2.75, 3.05) is 0 Å². The quantitative estimate of drug-likeness (QED) is 0.730. The SMILES string of the molecule is CC(=O)c1cnnn1-c1ccc(Cl)cc1. The molecule has 0 spiro atoms. The Morgan fingerprint density at radius 3 is 2.60 bits per heavy atom. The van der Waals surface area contributed by atoms with Gasteiger partial charge in [0.05, 0.1) is 11.9 Å². The van der Waals surface area contributed by atoms with Gasteiger partial charge in [-0.3, -0.25) is 4.79 Å². The first-order valence-corrected chi connectivity index (χ1v) is 4.74. The predicted molar refractivity (Wildman–Crippen MR) is 56.4 cm³/mol. The molecule has 1 heterocycles. The Labute approximate surface area is 91.5 Å². The van der Waals surface area contributed by atoms with Crippen LogP contribution in [0.3, 0.4) is 0 Å². The van der Waals surface area contributed by atoms with Crippen molar-refractivity contribution >= 4 is 17.4 Å². The highest BCUT2D eigenvalue weighted by atomic mass is 35.5. The van der Waals surface area contributed by atoms with Gasteiger partial charge in [0.2, 0.25) is 0 Å². The molecule has 0 saturated carbocycles. The minimum Gasteiger partial charge on any atom is -0.293 e. The molecule has 5 heteroatoms. The predicted octanol–water partition coefficient (Wildman–Crippen LogP) is 2.12. The zero-order chi connectivity index (χ0) is 10.8. The Hall–Kier alpha value is -1.68. The summed E-state index contributed by atoms with van der Waals surface area (Å²) < 4.78 is 1.48. The molecule has 0 aliphatic carbocycles. The summed E-state index contributed by atoms with van der Waals surface area (Å²) in [4.78, 5) is 11.2. The molecule has 15 heavy (non-hydrogen) atoms. The van der Waals surface area contributed by atoms with E-state index in [9.17, 15) is 4.79 Å². The number of hydrogen-bond acceptors (Lipinski definition) is 3. The topological polar surface area (TPSA) is 47.8 Å². The second-order valence-electron chi connectivity index (χ2n) is 3.06. The van der Waals surface area contributed by atoms with Gasteiger partial charge in [0.25, 0.3) is 0 Å². The van der Waals surface area contributed by atoms with E-state index in [4.69, 9.17) is 11.6 Å². The normalized spacial score (nSPS) is 10.3. The Bertz CT molecular complexity index is 490. The van der Waals surface area contributed by atoms with Gasteiger partial charge in [-0.2, -0.15) is 0 Å². The highest BCUT2D eigenvalue weighted by Crippen LogP contribution is 2.14. The number of halogens is 1. The summed E-state index contributed by atoms with van der Waals surface area (Å²) in [6, 6.07) is 7.04. The molecular weight excluding hydrogens is 214 g/mol. The number of nitrogens with zero attached hydrogens (tertiary/aromatic N) is 3. The van der Waals surface area contributed by atoms with E-state index in [0.29, 0.717) is 10.7 Å². The summed E-state index contributed by atoms with van der Waals surface area (Å²) in [5.74, 6) is -0.0741. The van der Waals surface area contributed by atoms with E-state index >= 15 is 0 Å². The first kappa shape index (κ1) is 9.86. The maximum absolute atomic E-state index is 11.2. The van der Waals surface area contributed by atoms with E-state index in [1.54, 1.807) is 24.3 Å². The van der Waals surface area contributed by atoms with Crippen LogP contribution in [0.2, 0.25) is 5.02 Å². The Morgan fingerprint density at radius 2 is 2.00 bits per heavy atom. The van der Waals surface area contributed by atoms with Gasteiger partial charge in [0.15, 0.2) is 5.78 Å². The molecule has 1 aromatic heterocycles. The Kier molecular flexibility index (Phi) is 2.51. The number of ketones is 1. The molecule has 0 aliphatic heterocycles. The minimum atomic E-state index is -0.0741. The average molecular weight is 222 g/mol. The number of carbonyl (C=O) groups is 1. The van der Waals surface area contributed by atoms with Gasteiger partial charge in [-0.15, -0.1) is 5.10 Å². The summed E-state index contributed by atoms with van der Waals surface area (Å²) >= 11 is 5.76. The van der Waals surface area contributed by atoms with Crippen LogP contribution in [0, 0.1) is 0 Å². The van der Waals surface area contributed by atoms with E-state index in [1.807, 2.05) is 0 Å². The summed E-state index contributed by atoms with van der Waals surface area (Å²) in [6.45, 7) is 1.48. The highest BCUT2D eigenvalue weighted by molar-refractivity contribution is 6.30. The van der Waals surface area contributed by atoms with E-state index in [0.717, 1.165) is 5.69 Å². The summed E-state index contributed by atoms with van der Waals surface area (Å²) in [5, 5.41) is 8.18. The third-order valence-electron chi connectivity index (χ3n) is 1.98. The molecule has 2 aromatic rings. The van der Waals surface area contributed by atoms with Crippen molar-refractivity contribution in [3.05, 3.63) is 41.2 Å². The van der Waals surface area contributed by atoms with Crippen LogP contribution < -0.4 is 0 Å². The maximum atomic E-state index is 11.2. The second-order valence-corrected chi connectivity index (χ2v) is 3.50. The van der Waals surface area contributed by atoms with E-state index in [-0.39, 0.29) is 5.78 Å². The largest absolute Gasteiger partial charge is 0.293 e. The molecule has 0 saturated heterocycles. The average Bonchev–Trinajstić information content (AvgIpc) is 2.67. The van der Waals surface area contributed by atoms with Gasteiger partial charge in [0, 0.05) is 11.9 Å². The lowest BCUT2D eigenvalue weighted by molar-refractivity contribution is 0.101. The molecular formula is C10H8ClN3O. The molecule has 0 fully saturated rings. The van der Waals surface area contributed by atoms with Crippen molar-refractivity contribution in [3.63, 3.8) is 0 Å². The third-order valence-corrected chi connectivity index (χ3v) is 2.23. The van der Waals surface area contributed by atoms with Crippen LogP contribution in [0.15, 0.2) is 30.5 Å². The van der Waals surface area contributed by atoms with Crippen LogP contribution in [-0.4, -0.2) is 20.8 Å². The first-order valence-electron chi connectivity index (χ1n) is 4.36. The molecule has 1 aromatic carbocycles. The van der Waals surface area contributed by atoms with Crippen molar-refractivity contribution in [1.29, 1.82) is 0 Å². The number of carbonyl (C=O) groups excluding carboxylic acids is 1. The van der Waals surface area contributed by atoms with Crippen molar-refractivity contribution < 1.29 is 4.79 Å².